The van der Waals surface area contributed by atoms with Crippen LogP contribution in [0.15, 0.2) is 43.0 Å². The lowest BCUT2D eigenvalue weighted by atomic mass is 10.0. The van der Waals surface area contributed by atoms with Crippen molar-refractivity contribution in [3.63, 3.8) is 0 Å². The van der Waals surface area contributed by atoms with Gasteiger partial charge in [0.2, 0.25) is 5.91 Å². The predicted octanol–water partition coefficient (Wildman–Crippen LogP) is 2.65. The van der Waals surface area contributed by atoms with Crippen LogP contribution in [0.5, 0.6) is 0 Å². The highest BCUT2D eigenvalue weighted by Crippen LogP contribution is 2.19. The maximum Gasteiger partial charge on any atom is 0.406 e. The lowest BCUT2D eigenvalue weighted by Crippen LogP contribution is -2.40. The summed E-state index contributed by atoms with van der Waals surface area (Å²) in [4.78, 5) is 12.6. The van der Waals surface area contributed by atoms with Gasteiger partial charge in [-0.05, 0) is 5.56 Å². The van der Waals surface area contributed by atoms with Gasteiger partial charge in [0.1, 0.15) is 6.54 Å². The van der Waals surface area contributed by atoms with Gasteiger partial charge in [0.15, 0.2) is 0 Å². The molecule has 20 heavy (non-hydrogen) atoms. The highest BCUT2D eigenvalue weighted by molar-refractivity contribution is 5.77. The first-order chi connectivity index (χ1) is 9.33. The molecule has 0 aliphatic carbocycles. The van der Waals surface area contributed by atoms with Gasteiger partial charge >= 0.3 is 6.18 Å². The van der Waals surface area contributed by atoms with Crippen LogP contribution >= 0.6 is 0 Å². The number of nitrogens with two attached hydrogens (primary N) is 1. The van der Waals surface area contributed by atoms with Crippen LogP contribution in [0.3, 0.4) is 0 Å². The standard InChI is InChI=1S/C14H17F3N2O/c1-2-8-19(10-14(15,16)17)13(20)9-12(18)11-6-4-3-5-7-11/h2-7,12H,1,8-10,18H2. The van der Waals surface area contributed by atoms with Gasteiger partial charge in [0.05, 0.1) is 0 Å². The Bertz CT molecular complexity index is 445. The van der Waals surface area contributed by atoms with E-state index < -0.39 is 24.7 Å². The van der Waals surface area contributed by atoms with Crippen molar-refractivity contribution in [3.8, 4) is 0 Å². The maximum absolute atomic E-state index is 12.4. The van der Waals surface area contributed by atoms with Crippen LogP contribution in [0.25, 0.3) is 0 Å². The number of amides is 1. The van der Waals surface area contributed by atoms with Crippen LogP contribution in [-0.2, 0) is 4.79 Å². The molecule has 6 heteroatoms. The second-order valence-electron chi connectivity index (χ2n) is 4.40. The van der Waals surface area contributed by atoms with E-state index in [1.807, 2.05) is 0 Å². The van der Waals surface area contributed by atoms with E-state index in [2.05, 4.69) is 6.58 Å². The molecule has 0 fully saturated rings. The van der Waals surface area contributed by atoms with E-state index in [9.17, 15) is 18.0 Å². The van der Waals surface area contributed by atoms with Crippen molar-refractivity contribution in [2.24, 2.45) is 5.73 Å². The van der Waals surface area contributed by atoms with Crippen LogP contribution in [-0.4, -0.2) is 30.1 Å². The lowest BCUT2D eigenvalue weighted by molar-refractivity contribution is -0.160. The fraction of sp³-hybridized carbons (Fsp3) is 0.357. The Kier molecular flexibility index (Phi) is 5.76. The van der Waals surface area contributed by atoms with E-state index in [0.717, 1.165) is 0 Å². The Morgan fingerprint density at radius 2 is 1.95 bits per heavy atom. The fourth-order valence-corrected chi connectivity index (χ4v) is 1.76. The lowest BCUT2D eigenvalue weighted by Gasteiger charge is -2.24. The van der Waals surface area contributed by atoms with E-state index in [1.54, 1.807) is 30.3 Å². The van der Waals surface area contributed by atoms with Crippen LogP contribution in [0.2, 0.25) is 0 Å². The van der Waals surface area contributed by atoms with Crippen LogP contribution in [0, 0.1) is 0 Å². The molecule has 0 aliphatic rings. The SMILES string of the molecule is C=CCN(CC(F)(F)F)C(=O)CC(N)c1ccccc1. The van der Waals surface area contributed by atoms with Crippen molar-refractivity contribution >= 4 is 5.91 Å². The monoisotopic (exact) mass is 286 g/mol. The highest BCUT2D eigenvalue weighted by atomic mass is 19.4. The summed E-state index contributed by atoms with van der Waals surface area (Å²) >= 11 is 0. The summed E-state index contributed by atoms with van der Waals surface area (Å²) in [6, 6.07) is 8.17. The minimum Gasteiger partial charge on any atom is -0.330 e. The third-order valence-corrected chi connectivity index (χ3v) is 2.69. The second-order valence-corrected chi connectivity index (χ2v) is 4.40. The number of benzene rings is 1. The molecule has 0 bridgehead atoms. The average Bonchev–Trinajstić information content (AvgIpc) is 2.37. The maximum atomic E-state index is 12.4. The molecule has 110 valence electrons. The smallest absolute Gasteiger partial charge is 0.330 e. The van der Waals surface area contributed by atoms with E-state index in [-0.39, 0.29) is 13.0 Å². The van der Waals surface area contributed by atoms with Crippen molar-refractivity contribution in [3.05, 3.63) is 48.6 Å². The van der Waals surface area contributed by atoms with Gasteiger partial charge in [-0.15, -0.1) is 6.58 Å². The van der Waals surface area contributed by atoms with Crippen LogP contribution in [0.1, 0.15) is 18.0 Å². The molecule has 1 aromatic rings. The Labute approximate surface area is 115 Å². The summed E-state index contributed by atoms with van der Waals surface area (Å²) in [5, 5.41) is 0. The van der Waals surface area contributed by atoms with E-state index in [4.69, 9.17) is 5.73 Å². The first kappa shape index (κ1) is 16.2. The molecule has 0 saturated heterocycles. The Morgan fingerprint density at radius 1 is 1.35 bits per heavy atom. The molecule has 1 rings (SSSR count). The molecule has 2 N–H and O–H groups in total. The molecule has 1 unspecified atom stereocenters. The van der Waals surface area contributed by atoms with Crippen LogP contribution < -0.4 is 5.73 Å². The molecule has 0 aliphatic heterocycles. The van der Waals surface area contributed by atoms with Crippen LogP contribution in [0.4, 0.5) is 13.2 Å². The van der Waals surface area contributed by atoms with Gasteiger partial charge in [-0.3, -0.25) is 4.79 Å². The normalized spacial score (nSPS) is 12.8. The molecule has 3 nitrogen and oxygen atoms in total. The first-order valence-electron chi connectivity index (χ1n) is 6.09. The van der Waals surface area contributed by atoms with Gasteiger partial charge in [-0.1, -0.05) is 36.4 Å². The number of nitrogens with zero attached hydrogens (tertiary/aromatic N) is 1. The second kappa shape index (κ2) is 7.09. The molecule has 0 heterocycles. The molecule has 1 atom stereocenters. The number of carbonyl (C=O) groups excluding carboxylic acids is 1. The number of alkyl halides is 3. The van der Waals surface area contributed by atoms with Crippen molar-refractivity contribution in [2.45, 2.75) is 18.6 Å². The predicted molar refractivity (Wildman–Crippen MR) is 70.8 cm³/mol. The first-order valence-corrected chi connectivity index (χ1v) is 6.09. The Morgan fingerprint density at radius 3 is 2.45 bits per heavy atom. The van der Waals surface area contributed by atoms with Crippen molar-refractivity contribution in [1.29, 1.82) is 0 Å². The number of carbonyl (C=O) groups is 1. The van der Waals surface area contributed by atoms with E-state index in [0.29, 0.717) is 10.5 Å². The van der Waals surface area contributed by atoms with Crippen molar-refractivity contribution in [2.75, 3.05) is 13.1 Å². The van der Waals surface area contributed by atoms with E-state index in [1.165, 1.54) is 6.08 Å². The summed E-state index contributed by atoms with van der Waals surface area (Å²) in [5.41, 5.74) is 6.55. The third kappa shape index (κ3) is 5.44. The summed E-state index contributed by atoms with van der Waals surface area (Å²) in [5.74, 6) is -0.640. The van der Waals surface area contributed by atoms with Crippen molar-refractivity contribution < 1.29 is 18.0 Å². The van der Waals surface area contributed by atoms with Gasteiger partial charge in [0, 0.05) is 19.0 Å². The van der Waals surface area contributed by atoms with Gasteiger partial charge < -0.3 is 10.6 Å². The number of hydrogen-bond acceptors (Lipinski definition) is 2. The molecule has 0 radical (unpaired) electrons. The summed E-state index contributed by atoms with van der Waals surface area (Å²) in [6.07, 6.45) is -3.35. The molecule has 0 spiro atoms. The molecule has 0 saturated carbocycles. The molecule has 1 amide bonds. The topological polar surface area (TPSA) is 46.3 Å². The molecular weight excluding hydrogens is 269 g/mol. The molecule has 0 aromatic heterocycles. The van der Waals surface area contributed by atoms with Gasteiger partial charge in [-0.25, -0.2) is 0 Å². The Hall–Kier alpha value is -1.82. The fourth-order valence-electron chi connectivity index (χ4n) is 1.76. The van der Waals surface area contributed by atoms with Gasteiger partial charge in [-0.2, -0.15) is 13.2 Å². The van der Waals surface area contributed by atoms with Crippen molar-refractivity contribution in [1.82, 2.24) is 4.90 Å². The number of hydrogen-bond donors (Lipinski definition) is 1. The Balaban J connectivity index is 2.68. The molecular formula is C14H17F3N2O. The number of rotatable bonds is 6. The molecule has 1 aromatic carbocycles. The zero-order valence-electron chi connectivity index (χ0n) is 10.9. The minimum absolute atomic E-state index is 0.153. The summed E-state index contributed by atoms with van der Waals surface area (Å²) < 4.78 is 37.2. The quantitative estimate of drug-likeness (QED) is 0.817. The zero-order valence-corrected chi connectivity index (χ0v) is 10.9. The minimum atomic E-state index is -4.44. The number of halogens is 3. The zero-order chi connectivity index (χ0) is 15.2. The van der Waals surface area contributed by atoms with E-state index >= 15 is 0 Å². The highest BCUT2D eigenvalue weighted by Gasteiger charge is 2.32. The van der Waals surface area contributed by atoms with Gasteiger partial charge in [0.25, 0.3) is 0 Å². The largest absolute Gasteiger partial charge is 0.406 e. The average molecular weight is 286 g/mol. The summed E-state index contributed by atoms with van der Waals surface area (Å²) in [6.45, 7) is 1.91. The summed E-state index contributed by atoms with van der Waals surface area (Å²) in [7, 11) is 0. The third-order valence-electron chi connectivity index (χ3n) is 2.69.